The smallest absolute Gasteiger partial charge is 0.307 e. The highest BCUT2D eigenvalue weighted by Crippen LogP contribution is 2.17. The van der Waals surface area contributed by atoms with Crippen LogP contribution >= 0.6 is 11.6 Å². The normalized spacial score (nSPS) is 11.0. The van der Waals surface area contributed by atoms with Crippen LogP contribution in [-0.2, 0) is 11.2 Å². The Kier molecular flexibility index (Phi) is 10.2. The van der Waals surface area contributed by atoms with Crippen molar-refractivity contribution in [1.82, 2.24) is 0 Å². The van der Waals surface area contributed by atoms with E-state index in [9.17, 15) is 4.79 Å². The second kappa shape index (κ2) is 13.0. The fourth-order valence-corrected chi connectivity index (χ4v) is 3.26. The average Bonchev–Trinajstić information content (AvgIpc) is 2.68. The summed E-state index contributed by atoms with van der Waals surface area (Å²) in [5, 5.41) is 13.0. The van der Waals surface area contributed by atoms with Gasteiger partial charge < -0.3 is 10.4 Å². The third kappa shape index (κ3) is 9.09. The molecule has 0 saturated heterocycles. The minimum absolute atomic E-state index is 0.0794. The summed E-state index contributed by atoms with van der Waals surface area (Å²) in [5.41, 5.74) is 2.98. The molecular weight excluding hydrogens is 370 g/mol. The second-order valence-electron chi connectivity index (χ2n) is 7.03. The number of unbranched alkanes of at least 4 members (excludes halogenated alkanes) is 6. The van der Waals surface area contributed by atoms with Crippen molar-refractivity contribution in [3.63, 3.8) is 0 Å². The summed E-state index contributed by atoms with van der Waals surface area (Å²) in [6, 6.07) is 15.6. The first-order valence-electron chi connectivity index (χ1n) is 10.1. The number of benzene rings is 2. The number of hydrogen-bond acceptors (Lipinski definition) is 2. The van der Waals surface area contributed by atoms with Crippen molar-refractivity contribution in [3.8, 4) is 0 Å². The van der Waals surface area contributed by atoms with Gasteiger partial charge in [-0.25, -0.2) is 0 Å². The third-order valence-electron chi connectivity index (χ3n) is 4.64. The van der Waals surface area contributed by atoms with Crippen molar-refractivity contribution >= 4 is 29.3 Å². The molecule has 4 heteroatoms. The van der Waals surface area contributed by atoms with Crippen molar-refractivity contribution in [2.45, 2.75) is 51.4 Å². The predicted octanol–water partition coefficient (Wildman–Crippen LogP) is 6.82. The molecule has 0 amide bonds. The van der Waals surface area contributed by atoms with E-state index in [1.807, 2.05) is 48.5 Å². The maximum Gasteiger partial charge on any atom is 0.307 e. The number of anilines is 1. The van der Waals surface area contributed by atoms with Gasteiger partial charge in [-0.2, -0.15) is 0 Å². The molecular formula is C24H30ClNO2. The van der Waals surface area contributed by atoms with Gasteiger partial charge in [0.1, 0.15) is 0 Å². The summed E-state index contributed by atoms with van der Waals surface area (Å²) in [5.74, 6) is -0.794. The van der Waals surface area contributed by atoms with E-state index in [-0.39, 0.29) is 6.42 Å². The lowest BCUT2D eigenvalue weighted by Crippen LogP contribution is -2.03. The van der Waals surface area contributed by atoms with Crippen molar-refractivity contribution in [2.24, 2.45) is 0 Å². The Morgan fingerprint density at radius 3 is 2.32 bits per heavy atom. The molecule has 0 unspecified atom stereocenters. The maximum absolute atomic E-state index is 10.7. The molecule has 2 N–H and O–H groups in total. The fourth-order valence-electron chi connectivity index (χ4n) is 3.06. The number of halogens is 1. The van der Waals surface area contributed by atoms with Gasteiger partial charge in [-0.05, 0) is 48.6 Å². The highest BCUT2D eigenvalue weighted by molar-refractivity contribution is 6.32. The number of carboxylic acid groups (broad SMARTS) is 1. The van der Waals surface area contributed by atoms with Gasteiger partial charge in [-0.1, -0.05) is 79.8 Å². The van der Waals surface area contributed by atoms with E-state index in [4.69, 9.17) is 16.7 Å². The second-order valence-corrected chi connectivity index (χ2v) is 7.44. The van der Waals surface area contributed by atoms with Gasteiger partial charge in [-0.15, -0.1) is 0 Å². The summed E-state index contributed by atoms with van der Waals surface area (Å²) in [6.45, 7) is 0.957. The number of allylic oxidation sites excluding steroid dienone is 1. The zero-order chi connectivity index (χ0) is 20.0. The summed E-state index contributed by atoms with van der Waals surface area (Å²) in [7, 11) is 0. The van der Waals surface area contributed by atoms with Crippen LogP contribution in [0.15, 0.2) is 54.6 Å². The van der Waals surface area contributed by atoms with Gasteiger partial charge in [0.15, 0.2) is 0 Å². The van der Waals surface area contributed by atoms with E-state index in [1.165, 1.54) is 32.1 Å². The van der Waals surface area contributed by atoms with Crippen LogP contribution in [0.3, 0.4) is 0 Å². The van der Waals surface area contributed by atoms with Gasteiger partial charge in [-0.3, -0.25) is 4.79 Å². The molecule has 0 aliphatic carbocycles. The lowest BCUT2D eigenvalue weighted by Gasteiger charge is -2.07. The zero-order valence-corrected chi connectivity index (χ0v) is 17.1. The Bertz CT molecular complexity index is 741. The number of carboxylic acids is 1. The van der Waals surface area contributed by atoms with Crippen LogP contribution in [0.1, 0.15) is 56.1 Å². The van der Waals surface area contributed by atoms with Crippen molar-refractivity contribution in [1.29, 1.82) is 0 Å². The number of rotatable bonds is 13. The molecule has 0 fully saturated rings. The van der Waals surface area contributed by atoms with Gasteiger partial charge in [0.2, 0.25) is 0 Å². The van der Waals surface area contributed by atoms with Gasteiger partial charge in [0.25, 0.3) is 0 Å². The highest BCUT2D eigenvalue weighted by Gasteiger charge is 2.00. The molecule has 2 aromatic carbocycles. The molecule has 3 nitrogen and oxygen atoms in total. The Morgan fingerprint density at radius 2 is 1.61 bits per heavy atom. The van der Waals surface area contributed by atoms with Gasteiger partial charge in [0.05, 0.1) is 6.42 Å². The largest absolute Gasteiger partial charge is 0.481 e. The number of carbonyl (C=O) groups is 1. The summed E-state index contributed by atoms with van der Waals surface area (Å²) >= 11 is 6.13. The monoisotopic (exact) mass is 399 g/mol. The topological polar surface area (TPSA) is 49.3 Å². The van der Waals surface area contributed by atoms with Crippen LogP contribution in [-0.4, -0.2) is 17.6 Å². The van der Waals surface area contributed by atoms with E-state index in [2.05, 4.69) is 17.5 Å². The predicted molar refractivity (Wildman–Crippen MR) is 119 cm³/mol. The van der Waals surface area contributed by atoms with E-state index < -0.39 is 5.97 Å². The molecule has 0 aliphatic rings. The molecule has 0 bridgehead atoms. The highest BCUT2D eigenvalue weighted by atomic mass is 35.5. The van der Waals surface area contributed by atoms with Crippen LogP contribution in [0.2, 0.25) is 5.02 Å². The number of aliphatic carboxylic acids is 1. The van der Waals surface area contributed by atoms with Crippen LogP contribution < -0.4 is 5.32 Å². The first kappa shape index (κ1) is 22.0. The Labute approximate surface area is 173 Å². The lowest BCUT2D eigenvalue weighted by molar-refractivity contribution is -0.136. The molecule has 28 heavy (non-hydrogen) atoms. The van der Waals surface area contributed by atoms with Crippen LogP contribution in [0.4, 0.5) is 5.69 Å². The third-order valence-corrected chi connectivity index (χ3v) is 4.98. The van der Waals surface area contributed by atoms with Crippen LogP contribution in [0.25, 0.3) is 6.08 Å². The lowest BCUT2D eigenvalue weighted by atomic mass is 10.1. The Balaban J connectivity index is 1.45. The van der Waals surface area contributed by atoms with Crippen LogP contribution in [0, 0.1) is 0 Å². The zero-order valence-electron chi connectivity index (χ0n) is 16.4. The quantitative estimate of drug-likeness (QED) is 0.363. The first-order chi connectivity index (χ1) is 13.6. The first-order valence-corrected chi connectivity index (χ1v) is 10.5. The number of nitrogens with one attached hydrogen (secondary N) is 1. The molecule has 0 radical (unpaired) electrons. The molecule has 0 heterocycles. The molecule has 0 atom stereocenters. The van der Waals surface area contributed by atoms with E-state index in [0.29, 0.717) is 0 Å². The van der Waals surface area contributed by atoms with Gasteiger partial charge in [0, 0.05) is 17.3 Å². The van der Waals surface area contributed by atoms with E-state index in [0.717, 1.165) is 41.2 Å². The molecule has 0 aliphatic heterocycles. The molecule has 0 saturated carbocycles. The van der Waals surface area contributed by atoms with Crippen molar-refractivity contribution in [2.75, 3.05) is 11.9 Å². The maximum atomic E-state index is 10.7. The molecule has 0 spiro atoms. The standard InChI is InChI=1S/C24H30ClNO2/c25-23-13-9-8-12-21(23)11-7-5-3-1-2-4-6-10-18-26-22-16-14-20(15-17-22)19-24(27)28/h7-9,11-17,26H,1-6,10,18-19H2,(H,27,28). The van der Waals surface area contributed by atoms with E-state index in [1.54, 1.807) is 0 Å². The number of hydrogen-bond donors (Lipinski definition) is 2. The molecule has 2 rings (SSSR count). The molecule has 0 aromatic heterocycles. The average molecular weight is 400 g/mol. The van der Waals surface area contributed by atoms with Gasteiger partial charge >= 0.3 is 5.97 Å². The Hall–Kier alpha value is -2.26. The summed E-state index contributed by atoms with van der Waals surface area (Å²) in [4.78, 5) is 10.7. The summed E-state index contributed by atoms with van der Waals surface area (Å²) < 4.78 is 0. The minimum Gasteiger partial charge on any atom is -0.481 e. The van der Waals surface area contributed by atoms with Crippen LogP contribution in [0.5, 0.6) is 0 Å². The molecule has 150 valence electrons. The Morgan fingerprint density at radius 1 is 0.929 bits per heavy atom. The fraction of sp³-hybridized carbons (Fsp3) is 0.375. The van der Waals surface area contributed by atoms with Crippen molar-refractivity contribution < 1.29 is 9.90 Å². The van der Waals surface area contributed by atoms with E-state index >= 15 is 0 Å². The minimum atomic E-state index is -0.794. The SMILES string of the molecule is O=C(O)Cc1ccc(NCCCCCCCCC=Cc2ccccc2Cl)cc1. The summed E-state index contributed by atoms with van der Waals surface area (Å²) in [6.07, 6.45) is 12.9. The van der Waals surface area contributed by atoms with Crippen molar-refractivity contribution in [3.05, 3.63) is 70.8 Å². The molecule has 2 aromatic rings.